The summed E-state index contributed by atoms with van der Waals surface area (Å²) in [5.74, 6) is -1.98. The number of alkyl carbamates (subject to hydrolysis) is 1. The summed E-state index contributed by atoms with van der Waals surface area (Å²) in [6.07, 6.45) is 2.66. The molecule has 1 amide bonds. The van der Waals surface area contributed by atoms with Crippen LogP contribution in [0.2, 0.25) is 0 Å². The third-order valence-electron chi connectivity index (χ3n) is 3.28. The lowest BCUT2D eigenvalue weighted by atomic mass is 9.83. The van der Waals surface area contributed by atoms with E-state index in [0.717, 1.165) is 25.7 Å². The minimum atomic E-state index is -1.36. The summed E-state index contributed by atoms with van der Waals surface area (Å²) in [4.78, 5) is 33.2. The van der Waals surface area contributed by atoms with Crippen molar-refractivity contribution in [3.8, 4) is 0 Å². The maximum Gasteiger partial charge on any atom is 0.407 e. The Morgan fingerprint density at radius 2 is 1.70 bits per heavy atom. The molecule has 0 saturated heterocycles. The molecule has 0 radical (unpaired) electrons. The summed E-state index contributed by atoms with van der Waals surface area (Å²) in [7, 11) is 0. The predicted molar refractivity (Wildman–Crippen MR) is 72.4 cm³/mol. The summed E-state index contributed by atoms with van der Waals surface area (Å²) in [5, 5.41) is 11.4. The van der Waals surface area contributed by atoms with Crippen molar-refractivity contribution in [1.82, 2.24) is 5.32 Å². The molecule has 2 N–H and O–H groups in total. The highest BCUT2D eigenvalue weighted by molar-refractivity contribution is 6.32. The van der Waals surface area contributed by atoms with Gasteiger partial charge in [-0.1, -0.05) is 0 Å². The lowest BCUT2D eigenvalue weighted by Crippen LogP contribution is -2.41. The molecular weight excluding hydrogens is 262 g/mol. The summed E-state index contributed by atoms with van der Waals surface area (Å²) < 4.78 is 5.18. The van der Waals surface area contributed by atoms with E-state index in [0.29, 0.717) is 0 Å². The van der Waals surface area contributed by atoms with Gasteiger partial charge in [0.25, 0.3) is 0 Å². The SMILES string of the molecule is CC(C)(C)OC(=O)NC1CCC(CC(=O)C(=O)O)CC1. The molecule has 0 aromatic rings. The van der Waals surface area contributed by atoms with Crippen molar-refractivity contribution in [1.29, 1.82) is 0 Å². The van der Waals surface area contributed by atoms with E-state index in [1.54, 1.807) is 20.8 Å². The Kier molecular flexibility index (Phi) is 5.53. The van der Waals surface area contributed by atoms with Crippen molar-refractivity contribution in [2.45, 2.75) is 64.5 Å². The zero-order valence-electron chi connectivity index (χ0n) is 12.3. The quantitative estimate of drug-likeness (QED) is 0.772. The molecule has 0 aromatic carbocycles. The Hall–Kier alpha value is -1.59. The first kappa shape index (κ1) is 16.5. The molecule has 6 nitrogen and oxygen atoms in total. The first-order valence-electron chi connectivity index (χ1n) is 6.93. The minimum absolute atomic E-state index is 0.0426. The third-order valence-corrected chi connectivity index (χ3v) is 3.28. The number of nitrogens with one attached hydrogen (secondary N) is 1. The molecule has 0 spiro atoms. The van der Waals surface area contributed by atoms with Gasteiger partial charge in [-0.2, -0.15) is 0 Å². The number of hydrogen-bond acceptors (Lipinski definition) is 4. The van der Waals surface area contributed by atoms with E-state index in [-0.39, 0.29) is 18.4 Å². The van der Waals surface area contributed by atoms with Gasteiger partial charge in [-0.3, -0.25) is 4.79 Å². The van der Waals surface area contributed by atoms with Crippen molar-refractivity contribution < 1.29 is 24.2 Å². The van der Waals surface area contributed by atoms with Crippen molar-refractivity contribution >= 4 is 17.8 Å². The average Bonchev–Trinajstić information content (AvgIpc) is 2.28. The Morgan fingerprint density at radius 1 is 1.15 bits per heavy atom. The summed E-state index contributed by atoms with van der Waals surface area (Å²) in [6.45, 7) is 5.42. The lowest BCUT2D eigenvalue weighted by molar-refractivity contribution is -0.149. The van der Waals surface area contributed by atoms with E-state index >= 15 is 0 Å². The number of Topliss-reactive ketones (excluding diaryl/α,β-unsaturated/α-hetero) is 1. The van der Waals surface area contributed by atoms with Gasteiger partial charge < -0.3 is 15.2 Å². The molecule has 0 bridgehead atoms. The molecule has 1 aliphatic rings. The Labute approximate surface area is 118 Å². The summed E-state index contributed by atoms with van der Waals surface area (Å²) >= 11 is 0. The van der Waals surface area contributed by atoms with Gasteiger partial charge in [0, 0.05) is 12.5 Å². The number of carboxylic acids is 1. The monoisotopic (exact) mass is 285 g/mol. The molecule has 6 heteroatoms. The largest absolute Gasteiger partial charge is 0.476 e. The predicted octanol–water partition coefficient (Wildman–Crippen LogP) is 2.11. The molecule has 0 atom stereocenters. The maximum atomic E-state index is 11.6. The number of aliphatic carboxylic acids is 1. The van der Waals surface area contributed by atoms with Crippen LogP contribution < -0.4 is 5.32 Å². The van der Waals surface area contributed by atoms with Gasteiger partial charge in [0.2, 0.25) is 5.78 Å². The zero-order chi connectivity index (χ0) is 15.3. The number of rotatable bonds is 4. The molecule has 20 heavy (non-hydrogen) atoms. The molecule has 1 rings (SSSR count). The van der Waals surface area contributed by atoms with Crippen LogP contribution in [-0.2, 0) is 14.3 Å². The number of carbonyl (C=O) groups is 3. The van der Waals surface area contributed by atoms with Crippen LogP contribution in [0.3, 0.4) is 0 Å². The van der Waals surface area contributed by atoms with Crippen LogP contribution in [0.1, 0.15) is 52.9 Å². The van der Waals surface area contributed by atoms with Crippen LogP contribution in [-0.4, -0.2) is 34.6 Å². The average molecular weight is 285 g/mol. The summed E-state index contributed by atoms with van der Waals surface area (Å²) in [5.41, 5.74) is -0.519. The number of ketones is 1. The molecule has 0 heterocycles. The molecule has 0 aliphatic heterocycles. The van der Waals surface area contributed by atoms with E-state index in [2.05, 4.69) is 5.32 Å². The van der Waals surface area contributed by atoms with Crippen molar-refractivity contribution in [3.63, 3.8) is 0 Å². The third kappa shape index (κ3) is 6.04. The van der Waals surface area contributed by atoms with Crippen LogP contribution >= 0.6 is 0 Å². The second-order valence-corrected chi connectivity index (χ2v) is 6.30. The van der Waals surface area contributed by atoms with Gasteiger partial charge >= 0.3 is 12.1 Å². The van der Waals surface area contributed by atoms with Crippen LogP contribution in [0, 0.1) is 5.92 Å². The van der Waals surface area contributed by atoms with Gasteiger partial charge in [0.15, 0.2) is 0 Å². The number of carbonyl (C=O) groups excluding carboxylic acids is 2. The van der Waals surface area contributed by atoms with Crippen LogP contribution in [0.25, 0.3) is 0 Å². The van der Waals surface area contributed by atoms with E-state index < -0.39 is 23.4 Å². The molecule has 0 unspecified atom stereocenters. The van der Waals surface area contributed by atoms with Crippen LogP contribution in [0.4, 0.5) is 4.79 Å². The van der Waals surface area contributed by atoms with Gasteiger partial charge in [-0.05, 0) is 52.4 Å². The molecule has 114 valence electrons. The Bertz CT molecular complexity index is 378. The summed E-state index contributed by atoms with van der Waals surface area (Å²) in [6, 6.07) is 0.0426. The number of hydrogen-bond donors (Lipinski definition) is 2. The van der Waals surface area contributed by atoms with E-state index in [1.807, 2.05) is 0 Å². The first-order valence-corrected chi connectivity index (χ1v) is 6.93. The molecular formula is C14H23NO5. The number of amides is 1. The van der Waals surface area contributed by atoms with E-state index in [1.165, 1.54) is 0 Å². The molecule has 0 aromatic heterocycles. The highest BCUT2D eigenvalue weighted by Crippen LogP contribution is 2.27. The Morgan fingerprint density at radius 3 is 2.15 bits per heavy atom. The van der Waals surface area contributed by atoms with Gasteiger partial charge in [0.1, 0.15) is 5.60 Å². The molecule has 1 aliphatic carbocycles. The van der Waals surface area contributed by atoms with Crippen molar-refractivity contribution in [3.05, 3.63) is 0 Å². The van der Waals surface area contributed by atoms with E-state index in [9.17, 15) is 14.4 Å². The fraction of sp³-hybridized carbons (Fsp3) is 0.786. The smallest absolute Gasteiger partial charge is 0.407 e. The second kappa shape index (κ2) is 6.72. The normalized spacial score (nSPS) is 22.9. The van der Waals surface area contributed by atoms with Crippen molar-refractivity contribution in [2.24, 2.45) is 5.92 Å². The Balaban J connectivity index is 2.30. The highest BCUT2D eigenvalue weighted by atomic mass is 16.6. The van der Waals surface area contributed by atoms with E-state index in [4.69, 9.17) is 9.84 Å². The van der Waals surface area contributed by atoms with Crippen LogP contribution in [0.5, 0.6) is 0 Å². The highest BCUT2D eigenvalue weighted by Gasteiger charge is 2.27. The minimum Gasteiger partial charge on any atom is -0.476 e. The van der Waals surface area contributed by atoms with Gasteiger partial charge in [-0.25, -0.2) is 9.59 Å². The fourth-order valence-corrected chi connectivity index (χ4v) is 2.33. The fourth-order valence-electron chi connectivity index (χ4n) is 2.33. The van der Waals surface area contributed by atoms with Crippen LogP contribution in [0.15, 0.2) is 0 Å². The maximum absolute atomic E-state index is 11.6. The standard InChI is InChI=1S/C14H23NO5/c1-14(2,3)20-13(19)15-10-6-4-9(5-7-10)8-11(16)12(17)18/h9-10H,4-8H2,1-3H3,(H,15,19)(H,17,18). The molecule has 1 fully saturated rings. The molecule has 1 saturated carbocycles. The topological polar surface area (TPSA) is 92.7 Å². The number of carboxylic acid groups (broad SMARTS) is 1. The van der Waals surface area contributed by atoms with Gasteiger partial charge in [-0.15, -0.1) is 0 Å². The zero-order valence-corrected chi connectivity index (χ0v) is 12.3. The second-order valence-electron chi connectivity index (χ2n) is 6.30. The number of ether oxygens (including phenoxy) is 1. The van der Waals surface area contributed by atoms with Crippen molar-refractivity contribution in [2.75, 3.05) is 0 Å². The van der Waals surface area contributed by atoms with Gasteiger partial charge in [0.05, 0.1) is 0 Å². The lowest BCUT2D eigenvalue weighted by Gasteiger charge is -2.29. The first-order chi connectivity index (χ1) is 9.17.